The Kier molecular flexibility index (Phi) is 5.34. The first-order valence-corrected chi connectivity index (χ1v) is 7.40. The summed E-state index contributed by atoms with van der Waals surface area (Å²) in [5, 5.41) is 3.64. The van der Waals surface area contributed by atoms with E-state index < -0.39 is 0 Å². The predicted octanol–water partition coefficient (Wildman–Crippen LogP) is 4.48. The van der Waals surface area contributed by atoms with E-state index in [9.17, 15) is 0 Å². The predicted molar refractivity (Wildman–Crippen MR) is 84.5 cm³/mol. The second kappa shape index (κ2) is 7.02. The fraction of sp³-hybridized carbons (Fsp3) is 0.286. The summed E-state index contributed by atoms with van der Waals surface area (Å²) in [7, 11) is 0. The minimum absolute atomic E-state index is 0.352. The molecule has 4 nitrogen and oxygen atoms in total. The van der Waals surface area contributed by atoms with Gasteiger partial charge in [-0.25, -0.2) is 9.97 Å². The number of aryl methyl sites for hydroxylation is 1. The molecule has 0 unspecified atom stereocenters. The van der Waals surface area contributed by atoms with Crippen molar-refractivity contribution in [1.29, 1.82) is 0 Å². The number of anilines is 2. The summed E-state index contributed by atoms with van der Waals surface area (Å²) in [6.07, 6.45) is 0. The Morgan fingerprint density at radius 1 is 1.30 bits per heavy atom. The van der Waals surface area contributed by atoms with Gasteiger partial charge < -0.3 is 10.1 Å². The van der Waals surface area contributed by atoms with E-state index in [0.717, 1.165) is 15.7 Å². The number of nitrogens with zero attached hydrogens (tertiary/aromatic N) is 2. The van der Waals surface area contributed by atoms with Gasteiger partial charge in [-0.2, -0.15) is 0 Å². The van der Waals surface area contributed by atoms with Crippen molar-refractivity contribution in [1.82, 2.24) is 9.97 Å². The Bertz CT molecular complexity index is 607. The molecule has 0 saturated heterocycles. The largest absolute Gasteiger partial charge is 0.374 e. The molecule has 0 fully saturated rings. The molecule has 2 rings (SSSR count). The molecule has 0 aliphatic carbocycles. The molecule has 0 atom stereocenters. The van der Waals surface area contributed by atoms with E-state index in [1.807, 2.05) is 32.0 Å². The van der Waals surface area contributed by atoms with E-state index in [1.54, 1.807) is 6.07 Å². The third kappa shape index (κ3) is 4.16. The number of ether oxygens (including phenoxy) is 1. The van der Waals surface area contributed by atoms with Gasteiger partial charge in [0, 0.05) is 22.8 Å². The molecule has 0 bridgehead atoms. The lowest BCUT2D eigenvalue weighted by Gasteiger charge is -2.10. The van der Waals surface area contributed by atoms with Crippen LogP contribution in [0.1, 0.15) is 18.3 Å². The molecule has 106 valence electrons. The average Bonchev–Trinajstić information content (AvgIpc) is 2.39. The van der Waals surface area contributed by atoms with Gasteiger partial charge in [-0.15, -0.1) is 0 Å². The molecule has 1 heterocycles. The highest BCUT2D eigenvalue weighted by Gasteiger charge is 2.05. The normalized spacial score (nSPS) is 10.6. The van der Waals surface area contributed by atoms with Gasteiger partial charge in [0.25, 0.3) is 0 Å². The van der Waals surface area contributed by atoms with Gasteiger partial charge in [-0.05, 0) is 37.6 Å². The molecule has 20 heavy (non-hydrogen) atoms. The Hall–Kier alpha value is -1.17. The number of hydrogen-bond acceptors (Lipinski definition) is 4. The van der Waals surface area contributed by atoms with E-state index in [0.29, 0.717) is 30.0 Å². The van der Waals surface area contributed by atoms with E-state index in [4.69, 9.17) is 16.3 Å². The zero-order chi connectivity index (χ0) is 14.5. The summed E-state index contributed by atoms with van der Waals surface area (Å²) >= 11 is 9.45. The van der Waals surface area contributed by atoms with E-state index >= 15 is 0 Å². The molecule has 1 aromatic heterocycles. The van der Waals surface area contributed by atoms with Gasteiger partial charge in [-0.3, -0.25) is 0 Å². The molecule has 6 heteroatoms. The van der Waals surface area contributed by atoms with Crippen LogP contribution >= 0.6 is 27.5 Å². The third-order valence-electron chi connectivity index (χ3n) is 2.63. The molecule has 0 aliphatic rings. The van der Waals surface area contributed by atoms with E-state index in [-0.39, 0.29) is 0 Å². The number of rotatable bonds is 5. The van der Waals surface area contributed by atoms with Crippen LogP contribution in [0.15, 0.2) is 28.7 Å². The lowest BCUT2D eigenvalue weighted by atomic mass is 10.2. The lowest BCUT2D eigenvalue weighted by molar-refractivity contribution is 0.128. The lowest BCUT2D eigenvalue weighted by Crippen LogP contribution is -2.03. The SMILES string of the molecule is CCOCc1nc(Cl)cc(Nc2ccc(Br)cc2C)n1. The van der Waals surface area contributed by atoms with Crippen LogP contribution in [-0.4, -0.2) is 16.6 Å². The summed E-state index contributed by atoms with van der Waals surface area (Å²) in [6, 6.07) is 7.68. The van der Waals surface area contributed by atoms with Crippen LogP contribution in [0.4, 0.5) is 11.5 Å². The average molecular weight is 357 g/mol. The van der Waals surface area contributed by atoms with Gasteiger partial charge in [0.2, 0.25) is 0 Å². The molecule has 0 radical (unpaired) electrons. The van der Waals surface area contributed by atoms with E-state index in [1.165, 1.54) is 0 Å². The van der Waals surface area contributed by atoms with Crippen molar-refractivity contribution in [2.75, 3.05) is 11.9 Å². The minimum Gasteiger partial charge on any atom is -0.374 e. The van der Waals surface area contributed by atoms with Gasteiger partial charge in [0.05, 0.1) is 0 Å². The summed E-state index contributed by atoms with van der Waals surface area (Å²) < 4.78 is 6.34. The van der Waals surface area contributed by atoms with Crippen molar-refractivity contribution in [3.8, 4) is 0 Å². The molecule has 1 N–H and O–H groups in total. The molecule has 0 aliphatic heterocycles. The van der Waals surface area contributed by atoms with Crippen molar-refractivity contribution in [3.63, 3.8) is 0 Å². The maximum Gasteiger partial charge on any atom is 0.158 e. The highest BCUT2D eigenvalue weighted by atomic mass is 79.9. The van der Waals surface area contributed by atoms with Gasteiger partial charge in [0.1, 0.15) is 17.6 Å². The maximum absolute atomic E-state index is 6.01. The monoisotopic (exact) mass is 355 g/mol. The minimum atomic E-state index is 0.352. The van der Waals surface area contributed by atoms with Crippen molar-refractivity contribution < 1.29 is 4.74 Å². The zero-order valence-corrected chi connectivity index (χ0v) is 13.6. The first kappa shape index (κ1) is 15.2. The summed E-state index contributed by atoms with van der Waals surface area (Å²) in [6.45, 7) is 4.92. The molecule has 2 aromatic rings. The quantitative estimate of drug-likeness (QED) is 0.802. The van der Waals surface area contributed by atoms with Crippen LogP contribution < -0.4 is 5.32 Å². The van der Waals surface area contributed by atoms with Crippen molar-refractivity contribution in [2.24, 2.45) is 0 Å². The molecule has 0 amide bonds. The topological polar surface area (TPSA) is 47.0 Å². The summed E-state index contributed by atoms with van der Waals surface area (Å²) in [5.74, 6) is 1.22. The van der Waals surface area contributed by atoms with Crippen LogP contribution in [-0.2, 0) is 11.3 Å². The fourth-order valence-electron chi connectivity index (χ4n) is 1.69. The fourth-order valence-corrected chi connectivity index (χ4v) is 2.37. The van der Waals surface area contributed by atoms with Crippen molar-refractivity contribution >= 4 is 39.0 Å². The molecule has 1 aromatic carbocycles. The molecular formula is C14H15BrClN3O. The number of halogens is 2. The van der Waals surface area contributed by atoms with Crippen LogP contribution in [0, 0.1) is 6.92 Å². The van der Waals surface area contributed by atoms with Crippen LogP contribution in [0.3, 0.4) is 0 Å². The number of benzene rings is 1. The summed E-state index contributed by atoms with van der Waals surface area (Å²) in [5.41, 5.74) is 2.09. The van der Waals surface area contributed by atoms with Gasteiger partial charge in [-0.1, -0.05) is 27.5 Å². The maximum atomic E-state index is 6.01. The van der Waals surface area contributed by atoms with Gasteiger partial charge >= 0.3 is 0 Å². The second-order valence-corrected chi connectivity index (χ2v) is 5.52. The Balaban J connectivity index is 2.21. The first-order chi connectivity index (χ1) is 9.58. The zero-order valence-electron chi connectivity index (χ0n) is 11.3. The Labute approximate surface area is 131 Å². The highest BCUT2D eigenvalue weighted by molar-refractivity contribution is 9.10. The van der Waals surface area contributed by atoms with Crippen molar-refractivity contribution in [2.45, 2.75) is 20.5 Å². The highest BCUT2D eigenvalue weighted by Crippen LogP contribution is 2.24. The number of nitrogens with one attached hydrogen (secondary N) is 1. The van der Waals surface area contributed by atoms with Gasteiger partial charge in [0.15, 0.2) is 5.82 Å². The smallest absolute Gasteiger partial charge is 0.158 e. The summed E-state index contributed by atoms with van der Waals surface area (Å²) in [4.78, 5) is 8.52. The molecular weight excluding hydrogens is 342 g/mol. The molecule has 0 saturated carbocycles. The van der Waals surface area contributed by atoms with Crippen molar-refractivity contribution in [3.05, 3.63) is 45.3 Å². The Morgan fingerprint density at radius 3 is 2.80 bits per heavy atom. The standard InChI is InChI=1S/C14H15BrClN3O/c1-3-20-8-14-18-12(16)7-13(19-14)17-11-5-4-10(15)6-9(11)2/h4-7H,3,8H2,1-2H3,(H,17,18,19). The van der Waals surface area contributed by atoms with E-state index in [2.05, 4.69) is 31.2 Å². The number of hydrogen-bond donors (Lipinski definition) is 1. The number of aromatic nitrogens is 2. The first-order valence-electron chi connectivity index (χ1n) is 6.23. The molecule has 0 spiro atoms. The van der Waals surface area contributed by atoms with Crippen LogP contribution in [0.5, 0.6) is 0 Å². The second-order valence-electron chi connectivity index (χ2n) is 4.21. The van der Waals surface area contributed by atoms with Crippen LogP contribution in [0.2, 0.25) is 5.15 Å². The Morgan fingerprint density at radius 2 is 2.10 bits per heavy atom. The third-order valence-corrected chi connectivity index (χ3v) is 3.31. The van der Waals surface area contributed by atoms with Crippen LogP contribution in [0.25, 0.3) is 0 Å².